The molecule has 0 aromatic heterocycles. The van der Waals surface area contributed by atoms with Gasteiger partial charge in [-0.25, -0.2) is 9.13 Å². The third-order valence-corrected chi connectivity index (χ3v) is 22.1. The molecule has 0 aliphatic carbocycles. The van der Waals surface area contributed by atoms with Gasteiger partial charge in [-0.3, -0.25) is 37.3 Å². The maximum absolute atomic E-state index is 13.1. The van der Waals surface area contributed by atoms with Crippen molar-refractivity contribution < 1.29 is 80.2 Å². The molecule has 0 aromatic carbocycles. The Bertz CT molecular complexity index is 2030. The lowest BCUT2D eigenvalue weighted by Gasteiger charge is -2.21. The highest BCUT2D eigenvalue weighted by Gasteiger charge is 2.30. The first-order chi connectivity index (χ1) is 50.1. The zero-order valence-electron chi connectivity index (χ0n) is 68.7. The highest BCUT2D eigenvalue weighted by atomic mass is 31.2. The van der Waals surface area contributed by atoms with Gasteiger partial charge in [-0.1, -0.05) is 389 Å². The van der Waals surface area contributed by atoms with Crippen LogP contribution in [0.25, 0.3) is 0 Å². The average Bonchev–Trinajstić information content (AvgIpc) is 0.907. The molecule has 0 aliphatic rings. The molecule has 17 nitrogen and oxygen atoms in total. The van der Waals surface area contributed by atoms with Gasteiger partial charge in [0.05, 0.1) is 26.4 Å². The number of aliphatic hydroxyl groups is 1. The van der Waals surface area contributed by atoms with E-state index in [1.54, 1.807) is 0 Å². The number of carbonyl (C=O) groups is 4. The summed E-state index contributed by atoms with van der Waals surface area (Å²) in [4.78, 5) is 73.1. The third-order valence-electron chi connectivity index (χ3n) is 20.2. The van der Waals surface area contributed by atoms with Crippen molar-refractivity contribution in [2.24, 2.45) is 23.7 Å². The monoisotopic (exact) mass is 1520 g/mol. The Morgan fingerprint density at radius 1 is 0.269 bits per heavy atom. The molecule has 4 unspecified atom stereocenters. The molecule has 19 heteroatoms. The lowest BCUT2D eigenvalue weighted by molar-refractivity contribution is -0.161. The van der Waals surface area contributed by atoms with Crippen LogP contribution in [0.15, 0.2) is 0 Å². The van der Waals surface area contributed by atoms with Crippen LogP contribution in [0.1, 0.15) is 441 Å². The number of aliphatic hydroxyl groups excluding tert-OH is 1. The number of ether oxygens (including phenoxy) is 4. The van der Waals surface area contributed by atoms with Gasteiger partial charge in [0, 0.05) is 25.7 Å². The smallest absolute Gasteiger partial charge is 0.462 e. The first kappa shape index (κ1) is 102. The van der Waals surface area contributed by atoms with Crippen molar-refractivity contribution >= 4 is 39.5 Å². The predicted octanol–water partition coefficient (Wildman–Crippen LogP) is 25.6. The molecule has 3 N–H and O–H groups in total. The van der Waals surface area contributed by atoms with Gasteiger partial charge in [-0.05, 0) is 49.4 Å². The van der Waals surface area contributed by atoms with Gasteiger partial charge in [0.2, 0.25) is 0 Å². The minimum Gasteiger partial charge on any atom is -0.462 e. The van der Waals surface area contributed by atoms with Crippen LogP contribution >= 0.6 is 15.6 Å². The number of phosphoric acid groups is 2. The van der Waals surface area contributed by atoms with E-state index in [0.29, 0.717) is 31.6 Å². The summed E-state index contributed by atoms with van der Waals surface area (Å²) < 4.78 is 68.8. The van der Waals surface area contributed by atoms with E-state index >= 15 is 0 Å². The molecule has 618 valence electrons. The number of hydrogen-bond acceptors (Lipinski definition) is 15. The molecule has 0 aromatic rings. The van der Waals surface area contributed by atoms with Crippen LogP contribution in [0.4, 0.5) is 0 Å². The van der Waals surface area contributed by atoms with Crippen LogP contribution < -0.4 is 0 Å². The lowest BCUT2D eigenvalue weighted by atomic mass is 9.99. The second kappa shape index (κ2) is 73.8. The van der Waals surface area contributed by atoms with E-state index in [1.807, 2.05) is 0 Å². The quantitative estimate of drug-likeness (QED) is 0.0222. The highest BCUT2D eigenvalue weighted by Crippen LogP contribution is 2.45. The molecule has 6 atom stereocenters. The summed E-state index contributed by atoms with van der Waals surface area (Å²) in [6, 6.07) is 0. The summed E-state index contributed by atoms with van der Waals surface area (Å²) >= 11 is 0. The van der Waals surface area contributed by atoms with Crippen LogP contribution in [0.2, 0.25) is 0 Å². The topological polar surface area (TPSA) is 237 Å². The van der Waals surface area contributed by atoms with Crippen LogP contribution in [-0.2, 0) is 65.4 Å². The molecular formula is C85H166O17P2. The molecular weight excluding hydrogens is 1350 g/mol. The van der Waals surface area contributed by atoms with Crippen LogP contribution in [0.3, 0.4) is 0 Å². The first-order valence-electron chi connectivity index (χ1n) is 43.7. The van der Waals surface area contributed by atoms with Crippen molar-refractivity contribution in [2.75, 3.05) is 39.6 Å². The summed E-state index contributed by atoms with van der Waals surface area (Å²) in [6.45, 7) is 14.3. The maximum Gasteiger partial charge on any atom is 0.472 e. The Labute approximate surface area is 638 Å². The van der Waals surface area contributed by atoms with Gasteiger partial charge >= 0.3 is 39.5 Å². The molecule has 0 spiro atoms. The molecule has 0 aliphatic heterocycles. The minimum atomic E-state index is -4.97. The number of rotatable bonds is 82. The Hall–Kier alpha value is -1.94. The second-order valence-electron chi connectivity index (χ2n) is 32.2. The van der Waals surface area contributed by atoms with Gasteiger partial charge < -0.3 is 33.8 Å². The summed E-state index contributed by atoms with van der Waals surface area (Å²) in [6.07, 6.45) is 62.6. The minimum absolute atomic E-state index is 0.105. The van der Waals surface area contributed by atoms with Gasteiger partial charge in [0.25, 0.3) is 0 Å². The van der Waals surface area contributed by atoms with Crippen LogP contribution in [-0.4, -0.2) is 96.7 Å². The normalized spacial score (nSPS) is 14.2. The Morgan fingerprint density at radius 3 is 0.683 bits per heavy atom. The highest BCUT2D eigenvalue weighted by molar-refractivity contribution is 7.47. The van der Waals surface area contributed by atoms with E-state index in [9.17, 15) is 43.2 Å². The Kier molecular flexibility index (Phi) is 72.5. The van der Waals surface area contributed by atoms with Gasteiger partial charge in [-0.2, -0.15) is 0 Å². The summed E-state index contributed by atoms with van der Waals surface area (Å²) in [5.74, 6) is 1.03. The molecule has 0 amide bonds. The second-order valence-corrected chi connectivity index (χ2v) is 35.2. The predicted molar refractivity (Wildman–Crippen MR) is 428 cm³/mol. The molecule has 0 saturated heterocycles. The van der Waals surface area contributed by atoms with E-state index in [1.165, 1.54) is 238 Å². The average molecular weight is 1520 g/mol. The fraction of sp³-hybridized carbons (Fsp3) is 0.953. The number of carbonyl (C=O) groups excluding carboxylic acids is 4. The Morgan fingerprint density at radius 2 is 0.462 bits per heavy atom. The SMILES string of the molecule is CCC(C)CCCCCCCCCCCCCCCCCCCCC(=O)O[C@H](COC(=O)CCCCCCCCCCCCCCCCCCC(C)C)COP(=O)(O)OCC(O)COP(=O)(O)OC[C@@H](COC(=O)CCCCCCCCCC(C)C)OC(=O)CCCCCCCCCCCCC(C)C. The standard InChI is InChI=1S/C85H166O17P2/c1-9-78(8)64-56-48-40-32-25-21-17-12-10-11-13-19-23-27-34-42-51-59-67-84(89)101-80(71-95-82(87)65-57-49-41-33-26-22-18-15-14-16-20-24-30-37-45-53-61-75(2)3)73-99-103(91,92)97-69-79(86)70-98-104(93,94)100-74-81(72-96-83(88)66-58-50-44-36-39-47-55-63-77(6)7)102-85(90)68-60-52-43-35-29-28-31-38-46-54-62-76(4)5/h75-81,86H,9-74H2,1-8H3,(H,91,92)(H,93,94)/t78?,79?,80-,81-/m1/s1. The Balaban J connectivity index is 5.22. The number of hydrogen-bond donors (Lipinski definition) is 3. The fourth-order valence-electron chi connectivity index (χ4n) is 13.1. The van der Waals surface area contributed by atoms with Gasteiger partial charge in [0.1, 0.15) is 19.3 Å². The van der Waals surface area contributed by atoms with E-state index < -0.39 is 97.5 Å². The zero-order valence-corrected chi connectivity index (χ0v) is 70.5. The van der Waals surface area contributed by atoms with Crippen molar-refractivity contribution in [3.05, 3.63) is 0 Å². The third kappa shape index (κ3) is 76.8. The summed E-state index contributed by atoms with van der Waals surface area (Å²) in [7, 11) is -9.93. The number of esters is 4. The zero-order chi connectivity index (χ0) is 76.7. The number of phosphoric ester groups is 2. The van der Waals surface area contributed by atoms with Crippen LogP contribution in [0.5, 0.6) is 0 Å². The number of unbranched alkanes of at least 4 members (excludes halogenated alkanes) is 47. The van der Waals surface area contributed by atoms with E-state index in [2.05, 4.69) is 55.4 Å². The van der Waals surface area contributed by atoms with E-state index in [-0.39, 0.29) is 25.7 Å². The van der Waals surface area contributed by atoms with Crippen molar-refractivity contribution in [3.63, 3.8) is 0 Å². The molecule has 0 radical (unpaired) electrons. The van der Waals surface area contributed by atoms with Crippen molar-refractivity contribution in [3.8, 4) is 0 Å². The molecule has 104 heavy (non-hydrogen) atoms. The van der Waals surface area contributed by atoms with Gasteiger partial charge in [-0.15, -0.1) is 0 Å². The maximum atomic E-state index is 13.1. The van der Waals surface area contributed by atoms with Crippen molar-refractivity contribution in [2.45, 2.75) is 459 Å². The first-order valence-corrected chi connectivity index (χ1v) is 46.7. The molecule has 0 heterocycles. The largest absolute Gasteiger partial charge is 0.472 e. The van der Waals surface area contributed by atoms with Crippen molar-refractivity contribution in [1.82, 2.24) is 0 Å². The molecule has 0 saturated carbocycles. The van der Waals surface area contributed by atoms with Crippen LogP contribution in [0, 0.1) is 23.7 Å². The molecule has 0 bridgehead atoms. The summed E-state index contributed by atoms with van der Waals surface area (Å²) in [5, 5.41) is 10.7. The summed E-state index contributed by atoms with van der Waals surface area (Å²) in [5.41, 5.74) is 0. The van der Waals surface area contributed by atoms with Crippen molar-refractivity contribution in [1.29, 1.82) is 0 Å². The van der Waals surface area contributed by atoms with E-state index in [0.717, 1.165) is 114 Å². The van der Waals surface area contributed by atoms with Gasteiger partial charge in [0.15, 0.2) is 12.2 Å². The lowest BCUT2D eigenvalue weighted by Crippen LogP contribution is -2.30. The fourth-order valence-corrected chi connectivity index (χ4v) is 14.7. The van der Waals surface area contributed by atoms with E-state index in [4.69, 9.17) is 37.0 Å². The molecule has 0 rings (SSSR count). The molecule has 0 fully saturated rings.